The summed E-state index contributed by atoms with van der Waals surface area (Å²) in [5, 5.41) is 3.40. The van der Waals surface area contributed by atoms with Gasteiger partial charge in [-0.05, 0) is 51.8 Å². The first-order chi connectivity index (χ1) is 8.35. The molecule has 94 valence electrons. The fraction of sp³-hybridized carbons (Fsp3) is 0.600. The van der Waals surface area contributed by atoms with Crippen molar-refractivity contribution in [1.82, 2.24) is 5.32 Å². The van der Waals surface area contributed by atoms with Gasteiger partial charge in [0.05, 0.1) is 0 Å². The minimum Gasteiger partial charge on any atom is -0.369 e. The maximum atomic E-state index is 3.40. The van der Waals surface area contributed by atoms with Crippen molar-refractivity contribution in [1.29, 1.82) is 0 Å². The summed E-state index contributed by atoms with van der Waals surface area (Å²) in [4.78, 5) is 2.56. The molecule has 0 saturated heterocycles. The van der Waals surface area contributed by atoms with Crippen molar-refractivity contribution >= 4 is 5.69 Å². The second-order valence-corrected chi connectivity index (χ2v) is 4.92. The Bertz CT molecular complexity index is 315. The molecule has 1 aromatic carbocycles. The fourth-order valence-electron chi connectivity index (χ4n) is 2.95. The van der Waals surface area contributed by atoms with Gasteiger partial charge in [-0.15, -0.1) is 0 Å². The lowest BCUT2D eigenvalue weighted by molar-refractivity contribution is 0.346. The van der Waals surface area contributed by atoms with E-state index in [-0.39, 0.29) is 0 Å². The van der Waals surface area contributed by atoms with Crippen LogP contribution in [-0.4, -0.2) is 25.7 Å². The highest BCUT2D eigenvalue weighted by Crippen LogP contribution is 2.27. The smallest absolute Gasteiger partial charge is 0.0368 e. The molecule has 0 radical (unpaired) electrons. The van der Waals surface area contributed by atoms with Crippen LogP contribution in [0.4, 0.5) is 5.69 Å². The number of benzene rings is 1. The molecular formula is C15H24N2. The normalized spacial score (nSPS) is 24.6. The van der Waals surface area contributed by atoms with Crippen LogP contribution >= 0.6 is 0 Å². The van der Waals surface area contributed by atoms with Crippen LogP contribution in [0.1, 0.15) is 32.6 Å². The number of hydrogen-bond acceptors (Lipinski definition) is 2. The summed E-state index contributed by atoms with van der Waals surface area (Å²) in [6, 6.07) is 12.3. The van der Waals surface area contributed by atoms with Gasteiger partial charge in [0.15, 0.2) is 0 Å². The van der Waals surface area contributed by atoms with Crippen molar-refractivity contribution < 1.29 is 0 Å². The van der Waals surface area contributed by atoms with Crippen LogP contribution in [0.2, 0.25) is 0 Å². The Labute approximate surface area is 105 Å². The highest BCUT2D eigenvalue weighted by atomic mass is 15.2. The molecule has 1 aliphatic rings. The zero-order valence-electron chi connectivity index (χ0n) is 11.0. The van der Waals surface area contributed by atoms with Crippen molar-refractivity contribution in [3.8, 4) is 0 Å². The first kappa shape index (κ1) is 12.4. The third-order valence-corrected chi connectivity index (χ3v) is 3.97. The molecule has 0 aliphatic heterocycles. The number of hydrogen-bond donors (Lipinski definition) is 1. The molecule has 1 aliphatic carbocycles. The second kappa shape index (κ2) is 6.06. The van der Waals surface area contributed by atoms with Crippen molar-refractivity contribution in [2.24, 2.45) is 0 Å². The summed E-state index contributed by atoms with van der Waals surface area (Å²) in [5.41, 5.74) is 1.38. The van der Waals surface area contributed by atoms with E-state index in [1.807, 2.05) is 0 Å². The van der Waals surface area contributed by atoms with Gasteiger partial charge in [0.25, 0.3) is 0 Å². The van der Waals surface area contributed by atoms with Gasteiger partial charge in [-0.1, -0.05) is 18.2 Å². The highest BCUT2D eigenvalue weighted by Gasteiger charge is 2.24. The van der Waals surface area contributed by atoms with Gasteiger partial charge in [-0.3, -0.25) is 0 Å². The minimum absolute atomic E-state index is 0.729. The predicted octanol–water partition coefficient (Wildman–Crippen LogP) is 3.04. The molecule has 0 aromatic heterocycles. The van der Waals surface area contributed by atoms with Crippen molar-refractivity contribution in [2.75, 3.05) is 18.5 Å². The minimum atomic E-state index is 0.729. The van der Waals surface area contributed by atoms with E-state index in [1.165, 1.54) is 31.4 Å². The van der Waals surface area contributed by atoms with Crippen LogP contribution in [0.3, 0.4) is 0 Å². The maximum absolute atomic E-state index is 3.40. The highest BCUT2D eigenvalue weighted by molar-refractivity contribution is 5.47. The van der Waals surface area contributed by atoms with E-state index in [0.29, 0.717) is 0 Å². The molecule has 0 heterocycles. The molecular weight excluding hydrogens is 208 g/mol. The third-order valence-electron chi connectivity index (χ3n) is 3.97. The quantitative estimate of drug-likeness (QED) is 0.858. The summed E-state index contributed by atoms with van der Waals surface area (Å²) >= 11 is 0. The molecule has 0 amide bonds. The van der Waals surface area contributed by atoms with Crippen LogP contribution in [-0.2, 0) is 0 Å². The lowest BCUT2D eigenvalue weighted by Crippen LogP contribution is -2.41. The molecule has 0 spiro atoms. The third kappa shape index (κ3) is 3.01. The molecule has 0 bridgehead atoms. The van der Waals surface area contributed by atoms with Gasteiger partial charge in [0.2, 0.25) is 0 Å². The summed E-state index contributed by atoms with van der Waals surface area (Å²) in [5.74, 6) is 0. The SMILES string of the molecule is CCN(c1ccccc1)C1CCC(NC)CC1. The van der Waals surface area contributed by atoms with Gasteiger partial charge < -0.3 is 10.2 Å². The van der Waals surface area contributed by atoms with E-state index in [4.69, 9.17) is 0 Å². The van der Waals surface area contributed by atoms with Crippen LogP contribution in [0.15, 0.2) is 30.3 Å². The number of rotatable bonds is 4. The van der Waals surface area contributed by atoms with E-state index in [2.05, 4.69) is 54.5 Å². The zero-order chi connectivity index (χ0) is 12.1. The first-order valence-corrected chi connectivity index (χ1v) is 6.84. The van der Waals surface area contributed by atoms with Crippen LogP contribution in [0.5, 0.6) is 0 Å². The predicted molar refractivity (Wildman–Crippen MR) is 74.6 cm³/mol. The molecule has 1 fully saturated rings. The van der Waals surface area contributed by atoms with Crippen LogP contribution in [0.25, 0.3) is 0 Å². The first-order valence-electron chi connectivity index (χ1n) is 6.84. The molecule has 0 atom stereocenters. The molecule has 1 aromatic rings. The van der Waals surface area contributed by atoms with Crippen molar-refractivity contribution in [3.05, 3.63) is 30.3 Å². The monoisotopic (exact) mass is 232 g/mol. The Morgan fingerprint density at radius 2 is 1.76 bits per heavy atom. The van der Waals surface area contributed by atoms with E-state index >= 15 is 0 Å². The summed E-state index contributed by atoms with van der Waals surface area (Å²) < 4.78 is 0. The molecule has 2 nitrogen and oxygen atoms in total. The Morgan fingerprint density at radius 1 is 1.12 bits per heavy atom. The fourth-order valence-corrected chi connectivity index (χ4v) is 2.95. The lowest BCUT2D eigenvalue weighted by atomic mass is 9.90. The Hall–Kier alpha value is -1.02. The molecule has 1 N–H and O–H groups in total. The standard InChI is InChI=1S/C15H24N2/c1-3-17(14-7-5-4-6-8-14)15-11-9-13(16-2)10-12-15/h4-8,13,15-16H,3,9-12H2,1-2H3. The molecule has 17 heavy (non-hydrogen) atoms. The lowest BCUT2D eigenvalue weighted by Gasteiger charge is -2.37. The van der Waals surface area contributed by atoms with Crippen molar-refractivity contribution in [3.63, 3.8) is 0 Å². The molecule has 0 unspecified atom stereocenters. The van der Waals surface area contributed by atoms with E-state index < -0.39 is 0 Å². The van der Waals surface area contributed by atoms with E-state index in [0.717, 1.165) is 18.6 Å². The van der Waals surface area contributed by atoms with Gasteiger partial charge in [-0.2, -0.15) is 0 Å². The Morgan fingerprint density at radius 3 is 2.29 bits per heavy atom. The van der Waals surface area contributed by atoms with Crippen molar-refractivity contribution in [2.45, 2.75) is 44.7 Å². The Kier molecular flexibility index (Phi) is 4.43. The summed E-state index contributed by atoms with van der Waals surface area (Å²) in [7, 11) is 2.08. The number of anilines is 1. The number of nitrogens with one attached hydrogen (secondary N) is 1. The van der Waals surface area contributed by atoms with Crippen LogP contribution in [0, 0.1) is 0 Å². The number of para-hydroxylation sites is 1. The summed E-state index contributed by atoms with van der Waals surface area (Å²) in [6.07, 6.45) is 5.25. The van der Waals surface area contributed by atoms with E-state index in [9.17, 15) is 0 Å². The number of nitrogens with zero attached hydrogens (tertiary/aromatic N) is 1. The average molecular weight is 232 g/mol. The summed E-state index contributed by atoms with van der Waals surface area (Å²) in [6.45, 7) is 3.37. The average Bonchev–Trinajstić information content (AvgIpc) is 2.42. The van der Waals surface area contributed by atoms with Crippen LogP contribution < -0.4 is 10.2 Å². The van der Waals surface area contributed by atoms with E-state index in [1.54, 1.807) is 0 Å². The molecule has 2 rings (SSSR count). The van der Waals surface area contributed by atoms with Gasteiger partial charge in [0.1, 0.15) is 0 Å². The second-order valence-electron chi connectivity index (χ2n) is 4.92. The molecule has 1 saturated carbocycles. The van der Waals surface area contributed by atoms with Gasteiger partial charge >= 0.3 is 0 Å². The Balaban J connectivity index is 2.00. The topological polar surface area (TPSA) is 15.3 Å². The largest absolute Gasteiger partial charge is 0.369 e. The zero-order valence-corrected chi connectivity index (χ0v) is 11.0. The van der Waals surface area contributed by atoms with Gasteiger partial charge in [-0.25, -0.2) is 0 Å². The van der Waals surface area contributed by atoms with Gasteiger partial charge in [0, 0.05) is 24.3 Å². The molecule has 2 heteroatoms. The maximum Gasteiger partial charge on any atom is 0.0368 e.